The van der Waals surface area contributed by atoms with Crippen molar-refractivity contribution in [3.63, 3.8) is 0 Å². The van der Waals surface area contributed by atoms with Crippen LogP contribution in [0.2, 0.25) is 0 Å². The number of hydrogen-bond donors (Lipinski definition) is 2. The lowest BCUT2D eigenvalue weighted by Gasteiger charge is -2.18. The van der Waals surface area contributed by atoms with E-state index in [0.29, 0.717) is 6.04 Å². The molecule has 0 aliphatic heterocycles. The van der Waals surface area contributed by atoms with Gasteiger partial charge in [0, 0.05) is 29.2 Å². The largest absolute Gasteiger partial charge is 0.493 e. The summed E-state index contributed by atoms with van der Waals surface area (Å²) in [4.78, 5) is 0. The molecule has 0 radical (unpaired) electrons. The van der Waals surface area contributed by atoms with Crippen LogP contribution in [-0.2, 0) is 6.54 Å². The number of aliphatic hydroxyl groups is 1. The Labute approximate surface area is 124 Å². The SMILES string of the molecule is CCCOc1ccc(Br)cc1CNC(CC)CCO. The van der Waals surface area contributed by atoms with Gasteiger partial charge in [-0.2, -0.15) is 0 Å². The van der Waals surface area contributed by atoms with E-state index in [0.717, 1.165) is 48.2 Å². The first-order valence-corrected chi connectivity index (χ1v) is 7.76. The number of halogens is 1. The minimum atomic E-state index is 0.225. The Kier molecular flexibility index (Phi) is 8.10. The van der Waals surface area contributed by atoms with Crippen molar-refractivity contribution >= 4 is 15.9 Å². The van der Waals surface area contributed by atoms with E-state index in [-0.39, 0.29) is 6.61 Å². The molecule has 1 atom stereocenters. The molecule has 0 heterocycles. The molecule has 0 aliphatic carbocycles. The van der Waals surface area contributed by atoms with Crippen molar-refractivity contribution in [2.45, 2.75) is 45.7 Å². The molecule has 0 fully saturated rings. The topological polar surface area (TPSA) is 41.5 Å². The highest BCUT2D eigenvalue weighted by molar-refractivity contribution is 9.10. The smallest absolute Gasteiger partial charge is 0.123 e. The minimum Gasteiger partial charge on any atom is -0.493 e. The lowest BCUT2D eigenvalue weighted by Crippen LogP contribution is -2.29. The van der Waals surface area contributed by atoms with Crippen molar-refractivity contribution in [2.75, 3.05) is 13.2 Å². The molecule has 1 rings (SSSR count). The highest BCUT2D eigenvalue weighted by atomic mass is 79.9. The molecule has 1 unspecified atom stereocenters. The van der Waals surface area contributed by atoms with E-state index in [4.69, 9.17) is 9.84 Å². The highest BCUT2D eigenvalue weighted by Gasteiger charge is 2.08. The molecule has 1 aromatic rings. The third-order valence-electron chi connectivity index (χ3n) is 3.04. The zero-order valence-corrected chi connectivity index (χ0v) is 13.4. The van der Waals surface area contributed by atoms with Gasteiger partial charge in [-0.05, 0) is 37.5 Å². The van der Waals surface area contributed by atoms with Gasteiger partial charge in [-0.3, -0.25) is 0 Å². The summed E-state index contributed by atoms with van der Waals surface area (Å²) >= 11 is 3.50. The second-order valence-corrected chi connectivity index (χ2v) is 5.51. The van der Waals surface area contributed by atoms with Crippen LogP contribution in [0, 0.1) is 0 Å². The van der Waals surface area contributed by atoms with Crippen LogP contribution in [0.5, 0.6) is 5.75 Å². The van der Waals surface area contributed by atoms with Gasteiger partial charge >= 0.3 is 0 Å². The Morgan fingerprint density at radius 1 is 1.37 bits per heavy atom. The van der Waals surface area contributed by atoms with E-state index >= 15 is 0 Å². The van der Waals surface area contributed by atoms with Gasteiger partial charge in [-0.15, -0.1) is 0 Å². The maximum absolute atomic E-state index is 9.01. The predicted molar refractivity (Wildman–Crippen MR) is 82.5 cm³/mol. The molecule has 0 amide bonds. The van der Waals surface area contributed by atoms with Crippen molar-refractivity contribution in [1.29, 1.82) is 0 Å². The minimum absolute atomic E-state index is 0.225. The summed E-state index contributed by atoms with van der Waals surface area (Å²) in [6.07, 6.45) is 2.81. The molecule has 0 spiro atoms. The first-order valence-electron chi connectivity index (χ1n) is 6.96. The fourth-order valence-corrected chi connectivity index (χ4v) is 2.31. The third kappa shape index (κ3) is 5.93. The molecule has 0 aromatic heterocycles. The van der Waals surface area contributed by atoms with Crippen molar-refractivity contribution in [3.8, 4) is 5.75 Å². The molecule has 1 aromatic carbocycles. The Bertz CT molecular complexity index is 371. The molecule has 0 saturated heterocycles. The quantitative estimate of drug-likeness (QED) is 0.728. The van der Waals surface area contributed by atoms with Crippen LogP contribution < -0.4 is 10.1 Å². The average molecular weight is 330 g/mol. The van der Waals surface area contributed by atoms with Gasteiger partial charge in [0.05, 0.1) is 6.61 Å². The maximum Gasteiger partial charge on any atom is 0.123 e. The van der Waals surface area contributed by atoms with Gasteiger partial charge in [-0.25, -0.2) is 0 Å². The lowest BCUT2D eigenvalue weighted by atomic mass is 10.1. The summed E-state index contributed by atoms with van der Waals surface area (Å²) in [5.41, 5.74) is 1.15. The zero-order valence-electron chi connectivity index (χ0n) is 11.8. The van der Waals surface area contributed by atoms with Crippen LogP contribution in [0.1, 0.15) is 38.7 Å². The van der Waals surface area contributed by atoms with Gasteiger partial charge in [0.1, 0.15) is 5.75 Å². The first-order chi connectivity index (χ1) is 9.21. The van der Waals surface area contributed by atoms with Crippen molar-refractivity contribution in [2.24, 2.45) is 0 Å². The Balaban J connectivity index is 2.66. The second-order valence-electron chi connectivity index (χ2n) is 4.60. The van der Waals surface area contributed by atoms with E-state index in [1.54, 1.807) is 0 Å². The number of nitrogens with one attached hydrogen (secondary N) is 1. The number of benzene rings is 1. The molecule has 108 valence electrons. The van der Waals surface area contributed by atoms with Gasteiger partial charge in [0.25, 0.3) is 0 Å². The molecule has 0 aliphatic rings. The molecule has 2 N–H and O–H groups in total. The summed E-state index contributed by atoms with van der Waals surface area (Å²) in [7, 11) is 0. The van der Waals surface area contributed by atoms with E-state index in [1.165, 1.54) is 0 Å². The second kappa shape index (κ2) is 9.34. The summed E-state index contributed by atoms with van der Waals surface area (Å²) in [5.74, 6) is 0.941. The Hall–Kier alpha value is -0.580. The number of ether oxygens (including phenoxy) is 1. The first kappa shape index (κ1) is 16.5. The van der Waals surface area contributed by atoms with Crippen LogP contribution in [0.4, 0.5) is 0 Å². The van der Waals surface area contributed by atoms with Gasteiger partial charge in [-0.1, -0.05) is 29.8 Å². The Morgan fingerprint density at radius 2 is 2.16 bits per heavy atom. The van der Waals surface area contributed by atoms with Crippen molar-refractivity contribution < 1.29 is 9.84 Å². The Morgan fingerprint density at radius 3 is 2.79 bits per heavy atom. The van der Waals surface area contributed by atoms with E-state index < -0.39 is 0 Å². The summed E-state index contributed by atoms with van der Waals surface area (Å²) in [5, 5.41) is 12.5. The molecular weight excluding hydrogens is 306 g/mol. The average Bonchev–Trinajstić information content (AvgIpc) is 2.42. The van der Waals surface area contributed by atoms with E-state index in [1.807, 2.05) is 12.1 Å². The van der Waals surface area contributed by atoms with Gasteiger partial charge in [0.15, 0.2) is 0 Å². The van der Waals surface area contributed by atoms with E-state index in [9.17, 15) is 0 Å². The normalized spacial score (nSPS) is 12.4. The fraction of sp³-hybridized carbons (Fsp3) is 0.600. The van der Waals surface area contributed by atoms with Gasteiger partial charge in [0.2, 0.25) is 0 Å². The third-order valence-corrected chi connectivity index (χ3v) is 3.53. The summed E-state index contributed by atoms with van der Waals surface area (Å²) in [6.45, 7) is 5.95. The van der Waals surface area contributed by atoms with Crippen LogP contribution in [0.3, 0.4) is 0 Å². The lowest BCUT2D eigenvalue weighted by molar-refractivity contribution is 0.261. The van der Waals surface area contributed by atoms with Crippen LogP contribution in [-0.4, -0.2) is 24.4 Å². The molecule has 3 nitrogen and oxygen atoms in total. The standard InChI is InChI=1S/C15H24BrNO2/c1-3-9-19-15-6-5-13(16)10-12(15)11-17-14(4-2)7-8-18/h5-6,10,14,17-18H,3-4,7-9,11H2,1-2H3. The summed E-state index contributed by atoms with van der Waals surface area (Å²) < 4.78 is 6.82. The monoisotopic (exact) mass is 329 g/mol. The number of hydrogen-bond acceptors (Lipinski definition) is 3. The number of rotatable bonds is 9. The van der Waals surface area contributed by atoms with Crippen molar-refractivity contribution in [3.05, 3.63) is 28.2 Å². The van der Waals surface area contributed by atoms with Crippen LogP contribution >= 0.6 is 15.9 Å². The van der Waals surface area contributed by atoms with Crippen LogP contribution in [0.25, 0.3) is 0 Å². The molecular formula is C15H24BrNO2. The zero-order chi connectivity index (χ0) is 14.1. The summed E-state index contributed by atoms with van der Waals surface area (Å²) in [6, 6.07) is 6.44. The predicted octanol–water partition coefficient (Wildman–Crippen LogP) is 3.49. The maximum atomic E-state index is 9.01. The van der Waals surface area contributed by atoms with Crippen molar-refractivity contribution in [1.82, 2.24) is 5.32 Å². The molecule has 0 bridgehead atoms. The molecule has 0 saturated carbocycles. The molecule has 19 heavy (non-hydrogen) atoms. The highest BCUT2D eigenvalue weighted by Crippen LogP contribution is 2.23. The van der Waals surface area contributed by atoms with Crippen LogP contribution in [0.15, 0.2) is 22.7 Å². The fourth-order valence-electron chi connectivity index (χ4n) is 1.90. The van der Waals surface area contributed by atoms with Gasteiger partial charge < -0.3 is 15.2 Å². The van der Waals surface area contributed by atoms with E-state index in [2.05, 4.69) is 41.2 Å². The molecule has 4 heteroatoms. The number of aliphatic hydroxyl groups excluding tert-OH is 1.